The third kappa shape index (κ3) is 5.68. The molecule has 186 valence electrons. The summed E-state index contributed by atoms with van der Waals surface area (Å²) >= 11 is 1.70. The van der Waals surface area contributed by atoms with Crippen molar-refractivity contribution >= 4 is 23.6 Å². The summed E-state index contributed by atoms with van der Waals surface area (Å²) in [5, 5.41) is 3.78. The second-order valence-corrected chi connectivity index (χ2v) is 10.6. The standard InChI is InChI=1S/C26H33N5O3S/c1-18-16-27-26(35-14-11-30-9-12-34-13-10-30)29-24(18)19-5-4-8-31(17-19)23(32)15-22-20-6-2-3-7-21(20)25(33)28-22/h2-3,6-7,16,19,22H,4-5,8-15,17H2,1H3,(H,28,33)/t19-,22-/m1/s1. The first kappa shape index (κ1) is 24.2. The predicted molar refractivity (Wildman–Crippen MR) is 135 cm³/mol. The number of nitrogens with one attached hydrogen (secondary N) is 1. The Balaban J connectivity index is 1.19. The lowest BCUT2D eigenvalue weighted by molar-refractivity contribution is -0.132. The molecular formula is C26H33N5O3S. The number of fused-ring (bicyclic) bond motifs is 1. The molecule has 5 rings (SSSR count). The zero-order valence-electron chi connectivity index (χ0n) is 20.2. The highest BCUT2D eigenvalue weighted by Gasteiger charge is 2.33. The minimum atomic E-state index is -0.248. The molecule has 0 radical (unpaired) electrons. The van der Waals surface area contributed by atoms with Crippen LogP contribution in [0.2, 0.25) is 0 Å². The van der Waals surface area contributed by atoms with Crippen LogP contribution in [0.15, 0.2) is 35.6 Å². The molecule has 3 aliphatic rings. The number of rotatable bonds is 7. The molecule has 35 heavy (non-hydrogen) atoms. The van der Waals surface area contributed by atoms with Crippen molar-refractivity contribution in [2.24, 2.45) is 0 Å². The van der Waals surface area contributed by atoms with Crippen molar-refractivity contribution in [3.8, 4) is 0 Å². The van der Waals surface area contributed by atoms with Crippen LogP contribution in [0.25, 0.3) is 0 Å². The van der Waals surface area contributed by atoms with Crippen LogP contribution < -0.4 is 5.32 Å². The largest absolute Gasteiger partial charge is 0.379 e. The summed E-state index contributed by atoms with van der Waals surface area (Å²) in [4.78, 5) is 39.3. The van der Waals surface area contributed by atoms with Crippen molar-refractivity contribution in [3.63, 3.8) is 0 Å². The molecule has 2 saturated heterocycles. The van der Waals surface area contributed by atoms with Gasteiger partial charge < -0.3 is 15.0 Å². The average molecular weight is 496 g/mol. The van der Waals surface area contributed by atoms with Gasteiger partial charge in [0.1, 0.15) is 0 Å². The quantitative estimate of drug-likeness (QED) is 0.467. The number of aryl methyl sites for hydroxylation is 1. The highest BCUT2D eigenvalue weighted by Crippen LogP contribution is 2.32. The molecule has 9 heteroatoms. The van der Waals surface area contributed by atoms with E-state index in [9.17, 15) is 9.59 Å². The normalized spacial score (nSPS) is 22.7. The molecule has 1 aromatic carbocycles. The van der Waals surface area contributed by atoms with Crippen LogP contribution in [0.3, 0.4) is 0 Å². The number of hydrogen-bond acceptors (Lipinski definition) is 7. The van der Waals surface area contributed by atoms with Crippen LogP contribution in [0.5, 0.6) is 0 Å². The summed E-state index contributed by atoms with van der Waals surface area (Å²) in [7, 11) is 0. The number of likely N-dealkylation sites (tertiary alicyclic amines) is 1. The number of benzene rings is 1. The smallest absolute Gasteiger partial charge is 0.252 e. The van der Waals surface area contributed by atoms with Gasteiger partial charge in [0.2, 0.25) is 5.91 Å². The van der Waals surface area contributed by atoms with Crippen molar-refractivity contribution in [2.75, 3.05) is 51.7 Å². The van der Waals surface area contributed by atoms with Crippen molar-refractivity contribution < 1.29 is 14.3 Å². The van der Waals surface area contributed by atoms with E-state index >= 15 is 0 Å². The summed E-state index contributed by atoms with van der Waals surface area (Å²) in [6.45, 7) is 8.08. The predicted octanol–water partition coefficient (Wildman–Crippen LogP) is 2.79. The monoisotopic (exact) mass is 495 g/mol. The zero-order chi connectivity index (χ0) is 24.2. The highest BCUT2D eigenvalue weighted by atomic mass is 32.2. The van der Waals surface area contributed by atoms with Gasteiger partial charge in [0.15, 0.2) is 5.16 Å². The molecule has 3 aliphatic heterocycles. The van der Waals surface area contributed by atoms with Gasteiger partial charge in [-0.05, 0) is 37.0 Å². The fourth-order valence-electron chi connectivity index (χ4n) is 5.22. The van der Waals surface area contributed by atoms with E-state index in [1.807, 2.05) is 35.4 Å². The number of carbonyl (C=O) groups excluding carboxylic acids is 2. The second kappa shape index (κ2) is 11.1. The fraction of sp³-hybridized carbons (Fsp3) is 0.538. The first-order valence-electron chi connectivity index (χ1n) is 12.5. The van der Waals surface area contributed by atoms with E-state index in [1.165, 1.54) is 0 Å². The van der Waals surface area contributed by atoms with E-state index in [0.717, 1.165) is 80.0 Å². The summed E-state index contributed by atoms with van der Waals surface area (Å²) in [6.07, 6.45) is 4.18. The number of piperidine rings is 1. The number of amides is 2. The summed E-state index contributed by atoms with van der Waals surface area (Å²) in [5.74, 6) is 1.15. The Hall–Kier alpha value is -2.49. The Morgan fingerprint density at radius 2 is 2.06 bits per heavy atom. The molecule has 2 amide bonds. The van der Waals surface area contributed by atoms with E-state index in [0.29, 0.717) is 18.5 Å². The second-order valence-electron chi connectivity index (χ2n) is 9.52. The van der Waals surface area contributed by atoms with Crippen LogP contribution in [-0.4, -0.2) is 83.3 Å². The maximum absolute atomic E-state index is 13.2. The SMILES string of the molecule is Cc1cnc(SCCN2CCOCC2)nc1[C@@H]1CCCN(C(=O)C[C@H]2NC(=O)c3ccccc32)C1. The van der Waals surface area contributed by atoms with Crippen LogP contribution >= 0.6 is 11.8 Å². The van der Waals surface area contributed by atoms with Crippen molar-refractivity contribution in [2.45, 2.75) is 43.3 Å². The maximum atomic E-state index is 13.2. The van der Waals surface area contributed by atoms with Crippen LogP contribution in [0.1, 0.15) is 58.4 Å². The number of carbonyl (C=O) groups is 2. The number of ether oxygens (including phenoxy) is 1. The van der Waals surface area contributed by atoms with Crippen LogP contribution in [0.4, 0.5) is 0 Å². The summed E-state index contributed by atoms with van der Waals surface area (Å²) in [6, 6.07) is 7.29. The van der Waals surface area contributed by atoms with Crippen molar-refractivity contribution in [3.05, 3.63) is 52.8 Å². The molecular weight excluding hydrogens is 462 g/mol. The van der Waals surface area contributed by atoms with E-state index in [4.69, 9.17) is 9.72 Å². The van der Waals surface area contributed by atoms with Crippen LogP contribution in [-0.2, 0) is 9.53 Å². The third-order valence-electron chi connectivity index (χ3n) is 7.16. The first-order chi connectivity index (χ1) is 17.1. The summed E-state index contributed by atoms with van der Waals surface area (Å²) in [5.41, 5.74) is 3.74. The van der Waals surface area contributed by atoms with E-state index in [1.54, 1.807) is 11.8 Å². The molecule has 2 fully saturated rings. The van der Waals surface area contributed by atoms with Crippen molar-refractivity contribution in [1.29, 1.82) is 0 Å². The van der Waals surface area contributed by atoms with Gasteiger partial charge in [0.05, 0.1) is 31.4 Å². The number of hydrogen-bond donors (Lipinski definition) is 1. The Morgan fingerprint density at radius 3 is 2.91 bits per heavy atom. The molecule has 2 atom stereocenters. The van der Waals surface area contributed by atoms with Gasteiger partial charge in [-0.3, -0.25) is 14.5 Å². The average Bonchev–Trinajstić information content (AvgIpc) is 3.21. The molecule has 4 heterocycles. The number of nitrogens with zero attached hydrogens (tertiary/aromatic N) is 4. The fourth-order valence-corrected chi connectivity index (χ4v) is 6.05. The van der Waals surface area contributed by atoms with Crippen LogP contribution in [0, 0.1) is 6.92 Å². The van der Waals surface area contributed by atoms with Gasteiger partial charge in [-0.25, -0.2) is 9.97 Å². The Kier molecular flexibility index (Phi) is 7.65. The lowest BCUT2D eigenvalue weighted by atomic mass is 9.92. The van der Waals surface area contributed by atoms with Gasteiger partial charge in [0.25, 0.3) is 5.91 Å². The topological polar surface area (TPSA) is 87.7 Å². The molecule has 2 aromatic rings. The van der Waals surface area contributed by atoms with Gasteiger partial charge in [-0.1, -0.05) is 30.0 Å². The number of thioether (sulfide) groups is 1. The highest BCUT2D eigenvalue weighted by molar-refractivity contribution is 7.99. The molecule has 8 nitrogen and oxygen atoms in total. The minimum Gasteiger partial charge on any atom is -0.379 e. The molecule has 1 aromatic heterocycles. The van der Waals surface area contributed by atoms with E-state index < -0.39 is 0 Å². The lowest BCUT2D eigenvalue weighted by Crippen LogP contribution is -2.40. The zero-order valence-corrected chi connectivity index (χ0v) is 21.1. The molecule has 0 bridgehead atoms. The minimum absolute atomic E-state index is 0.0866. The third-order valence-corrected chi connectivity index (χ3v) is 8.00. The molecule has 0 saturated carbocycles. The lowest BCUT2D eigenvalue weighted by Gasteiger charge is -2.33. The van der Waals surface area contributed by atoms with Gasteiger partial charge in [-0.2, -0.15) is 0 Å². The van der Waals surface area contributed by atoms with Gasteiger partial charge >= 0.3 is 0 Å². The number of aromatic nitrogens is 2. The molecule has 0 aliphatic carbocycles. The molecule has 1 N–H and O–H groups in total. The van der Waals surface area contributed by atoms with Gasteiger partial charge in [0, 0.05) is 56.2 Å². The molecule has 0 spiro atoms. The van der Waals surface area contributed by atoms with E-state index in [2.05, 4.69) is 22.1 Å². The molecule has 0 unspecified atom stereocenters. The maximum Gasteiger partial charge on any atom is 0.252 e. The van der Waals surface area contributed by atoms with Gasteiger partial charge in [-0.15, -0.1) is 0 Å². The van der Waals surface area contributed by atoms with Crippen molar-refractivity contribution in [1.82, 2.24) is 25.1 Å². The van der Waals surface area contributed by atoms with E-state index in [-0.39, 0.29) is 23.8 Å². The Morgan fingerprint density at radius 1 is 1.23 bits per heavy atom. The Labute approximate surface area is 210 Å². The number of morpholine rings is 1. The summed E-state index contributed by atoms with van der Waals surface area (Å²) < 4.78 is 5.42. The Bertz CT molecular complexity index is 1070. The first-order valence-corrected chi connectivity index (χ1v) is 13.5.